The number of fused-ring (bicyclic) bond motifs is 1. The summed E-state index contributed by atoms with van der Waals surface area (Å²) in [6.07, 6.45) is 6.42. The van der Waals surface area contributed by atoms with Crippen molar-refractivity contribution in [1.29, 1.82) is 0 Å². The molecule has 2 aromatic rings. The van der Waals surface area contributed by atoms with Crippen molar-refractivity contribution in [2.24, 2.45) is 0 Å². The molecule has 0 saturated carbocycles. The summed E-state index contributed by atoms with van der Waals surface area (Å²) in [6, 6.07) is 8.76. The molecule has 1 heterocycles. The molecule has 2 nitrogen and oxygen atoms in total. The Labute approximate surface area is 109 Å². The van der Waals surface area contributed by atoms with Crippen LogP contribution in [-0.4, -0.2) is 11.1 Å². The number of hydrogen-bond acceptors (Lipinski definition) is 1. The van der Waals surface area contributed by atoms with Crippen LogP contribution >= 0.6 is 0 Å². The second-order valence-corrected chi connectivity index (χ2v) is 4.58. The summed E-state index contributed by atoms with van der Waals surface area (Å²) in [4.78, 5) is 0. The van der Waals surface area contributed by atoms with E-state index in [0.717, 1.165) is 32.5 Å². The molecule has 0 bridgehead atoms. The van der Waals surface area contributed by atoms with Gasteiger partial charge in [0.2, 0.25) is 0 Å². The number of hydrogen-bond donors (Lipinski definition) is 1. The molecule has 0 aliphatic heterocycles. The number of nitrogens with one attached hydrogen (secondary N) is 1. The number of unbranched alkanes of at least 4 members (excludes halogenated alkanes) is 1. The number of rotatable bonds is 7. The molecule has 0 aliphatic rings. The lowest BCUT2D eigenvalue weighted by Crippen LogP contribution is -2.12. The van der Waals surface area contributed by atoms with E-state index in [2.05, 4.69) is 53.8 Å². The number of benzene rings is 1. The quantitative estimate of drug-likeness (QED) is 0.578. The van der Waals surface area contributed by atoms with Crippen LogP contribution in [0.25, 0.3) is 10.9 Å². The van der Waals surface area contributed by atoms with Crippen molar-refractivity contribution in [3.63, 3.8) is 0 Å². The van der Waals surface area contributed by atoms with Gasteiger partial charge in [-0.25, -0.2) is 0 Å². The Morgan fingerprint density at radius 2 is 2.22 bits per heavy atom. The molecule has 0 fully saturated rings. The number of para-hydroxylation sites is 1. The minimum atomic E-state index is 0.944. The van der Waals surface area contributed by atoms with E-state index in [4.69, 9.17) is 0 Å². The summed E-state index contributed by atoms with van der Waals surface area (Å²) < 4.78 is 2.37. The zero-order chi connectivity index (χ0) is 12.8. The fraction of sp³-hybridized carbons (Fsp3) is 0.375. The molecule has 0 atom stereocenters. The van der Waals surface area contributed by atoms with Crippen molar-refractivity contribution in [2.45, 2.75) is 32.9 Å². The lowest BCUT2D eigenvalue weighted by atomic mass is 10.1. The summed E-state index contributed by atoms with van der Waals surface area (Å²) in [5.74, 6) is 0. The van der Waals surface area contributed by atoms with Gasteiger partial charge in [0.25, 0.3) is 0 Å². The molecular weight excluding hydrogens is 220 g/mol. The predicted molar refractivity (Wildman–Crippen MR) is 78.7 cm³/mol. The molecule has 0 unspecified atom stereocenters. The van der Waals surface area contributed by atoms with Gasteiger partial charge in [0, 0.05) is 19.3 Å². The third-order valence-corrected chi connectivity index (χ3v) is 3.24. The van der Waals surface area contributed by atoms with Gasteiger partial charge in [0.1, 0.15) is 0 Å². The Balaban J connectivity index is 2.26. The van der Waals surface area contributed by atoms with E-state index >= 15 is 0 Å². The van der Waals surface area contributed by atoms with Crippen molar-refractivity contribution in [3.8, 4) is 0 Å². The van der Waals surface area contributed by atoms with Crippen LogP contribution in [0, 0.1) is 0 Å². The monoisotopic (exact) mass is 242 g/mol. The minimum Gasteiger partial charge on any atom is -0.347 e. The molecule has 0 amide bonds. The Hall–Kier alpha value is -1.54. The first-order valence-corrected chi connectivity index (χ1v) is 6.75. The highest BCUT2D eigenvalue weighted by Gasteiger charge is 2.05. The SMILES string of the molecule is C=CCCCn1ccc2cccc(CNCC)c21. The molecule has 0 spiro atoms. The van der Waals surface area contributed by atoms with Gasteiger partial charge in [-0.1, -0.05) is 31.2 Å². The van der Waals surface area contributed by atoms with E-state index in [1.807, 2.05) is 6.08 Å². The normalized spacial score (nSPS) is 10.9. The first kappa shape index (κ1) is 12.9. The van der Waals surface area contributed by atoms with Crippen LogP contribution in [0.5, 0.6) is 0 Å². The number of nitrogens with zero attached hydrogens (tertiary/aromatic N) is 1. The highest BCUT2D eigenvalue weighted by molar-refractivity contribution is 5.83. The van der Waals surface area contributed by atoms with Crippen molar-refractivity contribution in [1.82, 2.24) is 9.88 Å². The highest BCUT2D eigenvalue weighted by atomic mass is 15.0. The summed E-state index contributed by atoms with van der Waals surface area (Å²) in [7, 11) is 0. The molecule has 0 saturated heterocycles. The van der Waals surface area contributed by atoms with E-state index in [-0.39, 0.29) is 0 Å². The Morgan fingerprint density at radius 3 is 3.00 bits per heavy atom. The maximum absolute atomic E-state index is 3.78. The van der Waals surface area contributed by atoms with E-state index < -0.39 is 0 Å². The highest BCUT2D eigenvalue weighted by Crippen LogP contribution is 2.21. The third-order valence-electron chi connectivity index (χ3n) is 3.24. The van der Waals surface area contributed by atoms with Crippen molar-refractivity contribution < 1.29 is 0 Å². The van der Waals surface area contributed by atoms with Crippen LogP contribution in [0.1, 0.15) is 25.3 Å². The molecule has 0 aliphatic carbocycles. The second kappa shape index (κ2) is 6.41. The van der Waals surface area contributed by atoms with Gasteiger partial charge in [-0.2, -0.15) is 0 Å². The predicted octanol–water partition coefficient (Wildman–Crippen LogP) is 3.72. The molecular formula is C16H22N2. The van der Waals surface area contributed by atoms with Crippen LogP contribution in [-0.2, 0) is 13.1 Å². The molecule has 0 radical (unpaired) electrons. The van der Waals surface area contributed by atoms with Gasteiger partial charge in [-0.05, 0) is 36.4 Å². The number of allylic oxidation sites excluding steroid dienone is 1. The molecule has 18 heavy (non-hydrogen) atoms. The number of aryl methyl sites for hydroxylation is 1. The number of aromatic nitrogens is 1. The van der Waals surface area contributed by atoms with Crippen LogP contribution in [0.4, 0.5) is 0 Å². The maximum atomic E-state index is 3.78. The Bertz CT molecular complexity index is 511. The van der Waals surface area contributed by atoms with Gasteiger partial charge in [-0.15, -0.1) is 6.58 Å². The molecule has 1 N–H and O–H groups in total. The zero-order valence-electron chi connectivity index (χ0n) is 11.2. The van der Waals surface area contributed by atoms with Crippen molar-refractivity contribution in [3.05, 3.63) is 48.7 Å². The van der Waals surface area contributed by atoms with Gasteiger partial charge < -0.3 is 9.88 Å². The van der Waals surface area contributed by atoms with Crippen LogP contribution < -0.4 is 5.32 Å². The smallest absolute Gasteiger partial charge is 0.0525 e. The van der Waals surface area contributed by atoms with Crippen LogP contribution in [0.3, 0.4) is 0 Å². The van der Waals surface area contributed by atoms with Gasteiger partial charge in [-0.3, -0.25) is 0 Å². The summed E-state index contributed by atoms with van der Waals surface area (Å²) in [5.41, 5.74) is 2.76. The lowest BCUT2D eigenvalue weighted by molar-refractivity contribution is 0.664. The summed E-state index contributed by atoms with van der Waals surface area (Å²) >= 11 is 0. The van der Waals surface area contributed by atoms with Crippen LogP contribution in [0.15, 0.2) is 43.1 Å². The fourth-order valence-corrected chi connectivity index (χ4v) is 2.34. The van der Waals surface area contributed by atoms with Crippen molar-refractivity contribution >= 4 is 10.9 Å². The lowest BCUT2D eigenvalue weighted by Gasteiger charge is -2.10. The zero-order valence-corrected chi connectivity index (χ0v) is 11.2. The first-order valence-electron chi connectivity index (χ1n) is 6.75. The molecule has 2 rings (SSSR count). The van der Waals surface area contributed by atoms with Gasteiger partial charge in [0.15, 0.2) is 0 Å². The first-order chi connectivity index (χ1) is 8.86. The fourth-order valence-electron chi connectivity index (χ4n) is 2.34. The molecule has 2 heteroatoms. The van der Waals surface area contributed by atoms with E-state index in [1.54, 1.807) is 0 Å². The average molecular weight is 242 g/mol. The molecule has 1 aromatic heterocycles. The van der Waals surface area contributed by atoms with Crippen molar-refractivity contribution in [2.75, 3.05) is 6.54 Å². The largest absolute Gasteiger partial charge is 0.347 e. The molecule has 96 valence electrons. The van der Waals surface area contributed by atoms with E-state index in [1.165, 1.54) is 16.5 Å². The topological polar surface area (TPSA) is 17.0 Å². The van der Waals surface area contributed by atoms with E-state index in [9.17, 15) is 0 Å². The third kappa shape index (κ3) is 2.82. The second-order valence-electron chi connectivity index (χ2n) is 4.58. The summed E-state index contributed by atoms with van der Waals surface area (Å²) in [6.45, 7) is 8.94. The van der Waals surface area contributed by atoms with Gasteiger partial charge in [0.05, 0.1) is 5.52 Å². The van der Waals surface area contributed by atoms with Gasteiger partial charge >= 0.3 is 0 Å². The molecule has 1 aromatic carbocycles. The Kier molecular flexibility index (Phi) is 4.59. The maximum Gasteiger partial charge on any atom is 0.0525 e. The average Bonchev–Trinajstić information content (AvgIpc) is 2.81. The van der Waals surface area contributed by atoms with Crippen LogP contribution in [0.2, 0.25) is 0 Å². The summed E-state index contributed by atoms with van der Waals surface area (Å²) in [5, 5.41) is 4.75. The van der Waals surface area contributed by atoms with E-state index in [0.29, 0.717) is 0 Å². The minimum absolute atomic E-state index is 0.944. The Morgan fingerprint density at radius 1 is 1.33 bits per heavy atom. The standard InChI is InChI=1S/C16H22N2/c1-3-5-6-11-18-12-10-14-8-7-9-15(16(14)18)13-17-4-2/h3,7-10,12,17H,1,4-6,11,13H2,2H3.